The van der Waals surface area contributed by atoms with Crippen molar-refractivity contribution in [2.75, 3.05) is 0 Å². The number of ether oxygens (including phenoxy) is 1. The van der Waals surface area contributed by atoms with Gasteiger partial charge in [0.15, 0.2) is 0 Å². The Hall–Kier alpha value is -2.21. The number of carboxylic acid groups (broad SMARTS) is 1. The Balaban J connectivity index is 2.34. The van der Waals surface area contributed by atoms with Gasteiger partial charge in [0.1, 0.15) is 6.10 Å². The van der Waals surface area contributed by atoms with Crippen molar-refractivity contribution < 1.29 is 34.8 Å². The first-order chi connectivity index (χ1) is 17.0. The molecule has 2 aliphatic rings. The Labute approximate surface area is 214 Å². The first kappa shape index (κ1) is 30.0. The van der Waals surface area contributed by atoms with Crippen LogP contribution in [0.2, 0.25) is 0 Å². The van der Waals surface area contributed by atoms with Crippen LogP contribution in [0.4, 0.5) is 0 Å². The Kier molecular flexibility index (Phi) is 11.6. The number of carbonyl (C=O) groups excluding carboxylic acids is 1. The number of rotatable bonds is 2. The van der Waals surface area contributed by atoms with Crippen LogP contribution in [0.25, 0.3) is 0 Å². The molecule has 1 aliphatic heterocycles. The second kappa shape index (κ2) is 13.9. The van der Waals surface area contributed by atoms with E-state index < -0.39 is 42.3 Å². The largest absolute Gasteiger partial charge is 0.481 e. The molecule has 36 heavy (non-hydrogen) atoms. The van der Waals surface area contributed by atoms with E-state index in [1.54, 1.807) is 12.2 Å². The minimum Gasteiger partial charge on any atom is -0.481 e. The van der Waals surface area contributed by atoms with Crippen LogP contribution in [0, 0.1) is 46.8 Å². The molecule has 2 rings (SSSR count). The third kappa shape index (κ3) is 8.16. The van der Waals surface area contributed by atoms with Gasteiger partial charge in [-0.25, -0.2) is 0 Å². The summed E-state index contributed by atoms with van der Waals surface area (Å²) < 4.78 is 5.74. The Morgan fingerprint density at radius 1 is 1.03 bits per heavy atom. The van der Waals surface area contributed by atoms with E-state index in [2.05, 4.69) is 6.07 Å². The fourth-order valence-electron chi connectivity index (χ4n) is 5.83. The third-order valence-electron chi connectivity index (χ3n) is 8.10. The smallest absolute Gasteiger partial charge is 0.308 e. The van der Waals surface area contributed by atoms with E-state index in [1.807, 2.05) is 27.7 Å². The lowest BCUT2D eigenvalue weighted by Gasteiger charge is -2.31. The lowest BCUT2D eigenvalue weighted by molar-refractivity contribution is -0.159. The molecule has 1 saturated carbocycles. The summed E-state index contributed by atoms with van der Waals surface area (Å²) in [5.41, 5.74) is 0.198. The normalized spacial score (nSPS) is 42.2. The lowest BCUT2D eigenvalue weighted by Crippen LogP contribution is -2.35. The third-order valence-corrected chi connectivity index (χ3v) is 8.10. The number of allylic oxidation sites excluding steroid dienone is 2. The molecule has 1 fully saturated rings. The molecular weight excluding hydrogens is 462 g/mol. The van der Waals surface area contributed by atoms with Crippen molar-refractivity contribution in [1.82, 2.24) is 0 Å². The number of hydrogen-bond acceptors (Lipinski definition) is 7. The topological polar surface area (TPSA) is 148 Å². The van der Waals surface area contributed by atoms with Crippen LogP contribution in [0.3, 0.4) is 0 Å². The summed E-state index contributed by atoms with van der Waals surface area (Å²) >= 11 is 0. The fourth-order valence-corrected chi connectivity index (χ4v) is 5.83. The van der Waals surface area contributed by atoms with Crippen molar-refractivity contribution in [3.05, 3.63) is 23.8 Å². The zero-order chi connectivity index (χ0) is 27.0. The fraction of sp³-hybridized carbons (Fsp3) is 0.750. The molecule has 0 saturated heterocycles. The van der Waals surface area contributed by atoms with Crippen molar-refractivity contribution in [3.8, 4) is 6.07 Å². The van der Waals surface area contributed by atoms with Gasteiger partial charge in [-0.3, -0.25) is 9.59 Å². The minimum absolute atomic E-state index is 0.136. The average Bonchev–Trinajstić information content (AvgIpc) is 3.32. The van der Waals surface area contributed by atoms with E-state index in [1.165, 1.54) is 6.08 Å². The summed E-state index contributed by atoms with van der Waals surface area (Å²) in [6.07, 6.45) is 4.57. The standard InChI is InChI=1S/C28H43NO7/c1-16-12-17(2)26(32)18(3)13-19(4)27(33)20(15-29)8-5-6-11-24(36-25(31)14-23(16)30)21-9-7-10-22(21)28(34)35/h5-6,8,16-19,21-24,26-27,30,32-33H,7,9-14H2,1-4H3,(H,34,35)/b6-5+,20-8-/t16-,17+,18-,19-,21+,22+,23-,24-,26-,27-/m0/s1. The van der Waals surface area contributed by atoms with Crippen molar-refractivity contribution >= 4 is 11.9 Å². The number of nitrogens with zero attached hydrogens (tertiary/aromatic N) is 1. The molecule has 8 heteroatoms. The van der Waals surface area contributed by atoms with Crippen molar-refractivity contribution in [2.24, 2.45) is 35.5 Å². The minimum atomic E-state index is -0.996. The van der Waals surface area contributed by atoms with E-state index in [9.17, 15) is 35.3 Å². The molecule has 0 aromatic rings. The maximum Gasteiger partial charge on any atom is 0.308 e. The summed E-state index contributed by atoms with van der Waals surface area (Å²) in [6.45, 7) is 7.48. The number of aliphatic carboxylic acids is 1. The molecule has 0 amide bonds. The molecule has 8 nitrogen and oxygen atoms in total. The number of hydrogen-bond donors (Lipinski definition) is 4. The van der Waals surface area contributed by atoms with Gasteiger partial charge in [0.05, 0.1) is 42.3 Å². The number of nitriles is 1. The maximum atomic E-state index is 12.8. The first-order valence-corrected chi connectivity index (χ1v) is 13.2. The average molecular weight is 506 g/mol. The van der Waals surface area contributed by atoms with Crippen LogP contribution in [0.1, 0.15) is 72.6 Å². The summed E-state index contributed by atoms with van der Waals surface area (Å²) in [4.78, 5) is 24.5. The van der Waals surface area contributed by atoms with Gasteiger partial charge in [-0.2, -0.15) is 5.26 Å². The van der Waals surface area contributed by atoms with E-state index in [-0.39, 0.29) is 48.0 Å². The molecule has 0 aromatic carbocycles. The van der Waals surface area contributed by atoms with Gasteiger partial charge in [0, 0.05) is 12.3 Å². The van der Waals surface area contributed by atoms with Crippen molar-refractivity contribution in [2.45, 2.75) is 97.1 Å². The summed E-state index contributed by atoms with van der Waals surface area (Å²) in [5, 5.41) is 51.5. The molecule has 0 unspecified atom stereocenters. The van der Waals surface area contributed by atoms with Gasteiger partial charge >= 0.3 is 11.9 Å². The molecule has 1 aliphatic carbocycles. The van der Waals surface area contributed by atoms with Gasteiger partial charge < -0.3 is 25.2 Å². The van der Waals surface area contributed by atoms with E-state index in [0.29, 0.717) is 25.7 Å². The van der Waals surface area contributed by atoms with E-state index in [4.69, 9.17) is 4.74 Å². The van der Waals surface area contributed by atoms with Crippen LogP contribution in [0.15, 0.2) is 23.8 Å². The zero-order valence-electron chi connectivity index (χ0n) is 21.9. The van der Waals surface area contributed by atoms with E-state index in [0.717, 1.165) is 6.42 Å². The highest BCUT2D eigenvalue weighted by Crippen LogP contribution is 2.37. The van der Waals surface area contributed by atoms with Gasteiger partial charge in [-0.1, -0.05) is 46.3 Å². The second-order valence-electron chi connectivity index (χ2n) is 11.1. The van der Waals surface area contributed by atoms with Crippen molar-refractivity contribution in [3.63, 3.8) is 0 Å². The zero-order valence-corrected chi connectivity index (χ0v) is 21.9. The molecule has 4 N–H and O–H groups in total. The van der Waals surface area contributed by atoms with E-state index >= 15 is 0 Å². The number of aliphatic hydroxyl groups excluding tert-OH is 3. The van der Waals surface area contributed by atoms with Gasteiger partial charge in [0.25, 0.3) is 0 Å². The van der Waals surface area contributed by atoms with Crippen LogP contribution in [-0.4, -0.2) is 56.8 Å². The monoisotopic (exact) mass is 505 g/mol. The molecule has 0 spiro atoms. The van der Waals surface area contributed by atoms with Crippen LogP contribution in [0.5, 0.6) is 0 Å². The number of carboxylic acids is 1. The molecule has 10 atom stereocenters. The summed E-state index contributed by atoms with van der Waals surface area (Å²) in [6, 6.07) is 2.05. The Morgan fingerprint density at radius 2 is 1.67 bits per heavy atom. The number of aliphatic hydroxyl groups is 3. The SMILES string of the molecule is C[C@@H]1C[C@H](C)[C@@H](O)CC(=O)O[C@H]([C@@H]2CCC[C@H]2C(=O)O)C/C=C/C=C(/C#N)[C@@H](O)[C@@H](C)C[C@H](C)[C@H]1O. The Bertz CT molecular complexity index is 847. The quantitative estimate of drug-likeness (QED) is 0.416. The molecule has 0 radical (unpaired) electrons. The molecular formula is C28H43NO7. The maximum absolute atomic E-state index is 12.8. The van der Waals surface area contributed by atoms with Gasteiger partial charge in [-0.15, -0.1) is 0 Å². The molecule has 202 valence electrons. The second-order valence-corrected chi connectivity index (χ2v) is 11.1. The first-order valence-electron chi connectivity index (χ1n) is 13.2. The van der Waals surface area contributed by atoms with Gasteiger partial charge in [-0.05, 0) is 55.4 Å². The predicted molar refractivity (Wildman–Crippen MR) is 134 cm³/mol. The van der Waals surface area contributed by atoms with Crippen LogP contribution in [-0.2, 0) is 14.3 Å². The highest BCUT2D eigenvalue weighted by atomic mass is 16.5. The summed E-state index contributed by atoms with van der Waals surface area (Å²) in [5.74, 6) is -3.23. The van der Waals surface area contributed by atoms with Gasteiger partial charge in [0.2, 0.25) is 0 Å². The van der Waals surface area contributed by atoms with Crippen LogP contribution < -0.4 is 0 Å². The number of carbonyl (C=O) groups is 2. The highest BCUT2D eigenvalue weighted by molar-refractivity contribution is 5.72. The summed E-state index contributed by atoms with van der Waals surface area (Å²) in [7, 11) is 0. The molecule has 0 bridgehead atoms. The van der Waals surface area contributed by atoms with Crippen LogP contribution >= 0.6 is 0 Å². The lowest BCUT2D eigenvalue weighted by atomic mass is 9.80. The predicted octanol–water partition coefficient (Wildman–Crippen LogP) is 3.61. The highest BCUT2D eigenvalue weighted by Gasteiger charge is 2.40. The number of cyclic esters (lactones) is 1. The number of esters is 1. The Morgan fingerprint density at radius 3 is 2.28 bits per heavy atom. The molecule has 1 heterocycles. The van der Waals surface area contributed by atoms with Crippen molar-refractivity contribution in [1.29, 1.82) is 5.26 Å². The molecule has 0 aromatic heterocycles.